The molecule has 132 valence electrons. The van der Waals surface area contributed by atoms with Crippen molar-refractivity contribution < 1.29 is 16.5 Å². The van der Waals surface area contributed by atoms with Crippen molar-refractivity contribution in [2.45, 2.75) is 53.1 Å². The molecule has 0 aromatic carbocycles. The predicted octanol–water partition coefficient (Wildman–Crippen LogP) is 2.51. The van der Waals surface area contributed by atoms with Crippen LogP contribution >= 0.6 is 0 Å². The van der Waals surface area contributed by atoms with E-state index in [1.54, 1.807) is 0 Å². The molecule has 1 rings (SSSR count). The molecule has 0 radical (unpaired) electrons. The summed E-state index contributed by atoms with van der Waals surface area (Å²) in [5, 5.41) is 0. The Morgan fingerprint density at radius 2 is 0.818 bits per heavy atom. The van der Waals surface area contributed by atoms with Gasteiger partial charge in [-0.2, -0.15) is 0 Å². The first-order valence-corrected chi connectivity index (χ1v) is 18.2. The molecule has 1 heterocycles. The van der Waals surface area contributed by atoms with Crippen molar-refractivity contribution in [3.8, 4) is 0 Å². The molecule has 1 aliphatic heterocycles. The zero-order valence-electron chi connectivity index (χ0n) is 15.9. The Morgan fingerprint density at radius 1 is 0.591 bits per heavy atom. The molecule has 0 atom stereocenters. The van der Waals surface area contributed by atoms with Crippen molar-refractivity contribution >= 4 is 34.6 Å². The van der Waals surface area contributed by atoms with Crippen LogP contribution in [-0.2, 0) is 16.5 Å². The third-order valence-corrected chi connectivity index (χ3v) is 21.4. The standard InChI is InChI=1S/C12H34N2O4Si4/c1-11-13(3)21(9)15-19(5,6)17-22(10,14(4)12-2)18-20(7,8)16-21/h11-12H2,1-10H3. The second-order valence-electron chi connectivity index (χ2n) is 7.03. The molecule has 0 N–H and O–H groups in total. The summed E-state index contributed by atoms with van der Waals surface area (Å²) in [4.78, 5) is 0. The predicted molar refractivity (Wildman–Crippen MR) is 99.1 cm³/mol. The van der Waals surface area contributed by atoms with Crippen LogP contribution in [0.4, 0.5) is 0 Å². The highest BCUT2D eigenvalue weighted by Crippen LogP contribution is 2.32. The van der Waals surface area contributed by atoms with Crippen LogP contribution in [-0.4, -0.2) is 70.9 Å². The fourth-order valence-electron chi connectivity index (χ4n) is 2.79. The molecule has 6 nitrogen and oxygen atoms in total. The first-order valence-electron chi connectivity index (χ1n) is 8.02. The van der Waals surface area contributed by atoms with Gasteiger partial charge in [-0.15, -0.1) is 0 Å². The van der Waals surface area contributed by atoms with E-state index in [0.29, 0.717) is 0 Å². The first-order chi connectivity index (χ1) is 9.79. The number of hydrogen-bond acceptors (Lipinski definition) is 6. The molecule has 0 unspecified atom stereocenters. The summed E-state index contributed by atoms with van der Waals surface area (Å²) in [5.41, 5.74) is 0. The van der Waals surface area contributed by atoms with E-state index in [1.165, 1.54) is 0 Å². The van der Waals surface area contributed by atoms with E-state index < -0.39 is 34.6 Å². The van der Waals surface area contributed by atoms with Crippen molar-refractivity contribution in [3.05, 3.63) is 0 Å². The zero-order chi connectivity index (χ0) is 17.4. The lowest BCUT2D eigenvalue weighted by atomic mass is 10.8. The van der Waals surface area contributed by atoms with E-state index in [-0.39, 0.29) is 0 Å². The van der Waals surface area contributed by atoms with Gasteiger partial charge < -0.3 is 16.5 Å². The van der Waals surface area contributed by atoms with E-state index >= 15 is 0 Å². The van der Waals surface area contributed by atoms with Crippen LogP contribution < -0.4 is 0 Å². The lowest BCUT2D eigenvalue weighted by molar-refractivity contribution is 0.168. The molecular formula is C12H34N2O4Si4. The lowest BCUT2D eigenvalue weighted by Crippen LogP contribution is -2.73. The van der Waals surface area contributed by atoms with Gasteiger partial charge in [0.05, 0.1) is 0 Å². The summed E-state index contributed by atoms with van der Waals surface area (Å²) in [6.45, 7) is 18.7. The van der Waals surface area contributed by atoms with Gasteiger partial charge in [0.15, 0.2) is 0 Å². The molecule has 0 aromatic heterocycles. The summed E-state index contributed by atoms with van der Waals surface area (Å²) in [6.07, 6.45) is 0. The summed E-state index contributed by atoms with van der Waals surface area (Å²) in [7, 11) is -5.55. The molecule has 1 aliphatic rings. The molecule has 22 heavy (non-hydrogen) atoms. The van der Waals surface area contributed by atoms with E-state index in [2.05, 4.69) is 76.4 Å². The fraction of sp³-hybridized carbons (Fsp3) is 1.00. The average molecular weight is 383 g/mol. The minimum atomic E-state index is -2.49. The van der Waals surface area contributed by atoms with Crippen LogP contribution in [0.3, 0.4) is 0 Å². The van der Waals surface area contributed by atoms with Gasteiger partial charge in [0.2, 0.25) is 0 Å². The molecular weight excluding hydrogens is 348 g/mol. The van der Waals surface area contributed by atoms with Crippen LogP contribution in [0.25, 0.3) is 0 Å². The molecule has 0 bridgehead atoms. The Morgan fingerprint density at radius 3 is 1.00 bits per heavy atom. The third kappa shape index (κ3) is 4.81. The van der Waals surface area contributed by atoms with Gasteiger partial charge in [-0.1, -0.05) is 13.8 Å². The highest BCUT2D eigenvalue weighted by molar-refractivity contribution is 6.92. The van der Waals surface area contributed by atoms with Gasteiger partial charge in [-0.25, -0.2) is 0 Å². The van der Waals surface area contributed by atoms with Crippen molar-refractivity contribution in [1.29, 1.82) is 0 Å². The number of hydrogen-bond donors (Lipinski definition) is 0. The third-order valence-electron chi connectivity index (χ3n) is 4.08. The maximum absolute atomic E-state index is 6.57. The molecule has 0 amide bonds. The smallest absolute Gasteiger partial charge is 0.404 e. The van der Waals surface area contributed by atoms with Gasteiger partial charge in [-0.05, 0) is 66.5 Å². The Kier molecular flexibility index (Phi) is 6.45. The Hall–Kier alpha value is 0.628. The highest BCUT2D eigenvalue weighted by Gasteiger charge is 2.57. The lowest BCUT2D eigenvalue weighted by Gasteiger charge is -2.51. The monoisotopic (exact) mass is 382 g/mol. The van der Waals surface area contributed by atoms with E-state index in [9.17, 15) is 0 Å². The van der Waals surface area contributed by atoms with Crippen molar-refractivity contribution in [1.82, 2.24) is 9.13 Å². The Bertz CT molecular complexity index is 345. The van der Waals surface area contributed by atoms with Gasteiger partial charge in [0.25, 0.3) is 0 Å². The molecule has 10 heteroatoms. The van der Waals surface area contributed by atoms with E-state index in [0.717, 1.165) is 13.1 Å². The van der Waals surface area contributed by atoms with E-state index in [4.69, 9.17) is 16.5 Å². The van der Waals surface area contributed by atoms with Crippen LogP contribution in [0.2, 0.25) is 39.3 Å². The fourth-order valence-corrected chi connectivity index (χ4v) is 23.2. The summed E-state index contributed by atoms with van der Waals surface area (Å²) in [5.74, 6) is 0. The van der Waals surface area contributed by atoms with E-state index in [1.807, 2.05) is 0 Å². The average Bonchev–Trinajstić information content (AvgIpc) is 2.31. The summed E-state index contributed by atoms with van der Waals surface area (Å²) < 4.78 is 30.7. The van der Waals surface area contributed by atoms with Crippen LogP contribution in [0, 0.1) is 0 Å². The number of nitrogens with zero attached hydrogens (tertiary/aromatic N) is 2. The second kappa shape index (κ2) is 6.86. The zero-order valence-corrected chi connectivity index (χ0v) is 19.9. The highest BCUT2D eigenvalue weighted by atomic mass is 28.5. The van der Waals surface area contributed by atoms with Gasteiger partial charge in [0.1, 0.15) is 0 Å². The van der Waals surface area contributed by atoms with Crippen molar-refractivity contribution in [2.24, 2.45) is 0 Å². The van der Waals surface area contributed by atoms with Crippen molar-refractivity contribution in [3.63, 3.8) is 0 Å². The molecule has 0 aromatic rings. The summed E-state index contributed by atoms with van der Waals surface area (Å²) in [6, 6.07) is 0. The molecule has 0 spiro atoms. The maximum atomic E-state index is 6.57. The minimum absolute atomic E-state index is 0.890. The molecule has 0 aliphatic carbocycles. The quantitative estimate of drug-likeness (QED) is 0.696. The van der Waals surface area contributed by atoms with Gasteiger partial charge in [-0.3, -0.25) is 9.13 Å². The summed E-state index contributed by atoms with van der Waals surface area (Å²) >= 11 is 0. The molecule has 0 saturated carbocycles. The molecule has 1 saturated heterocycles. The van der Waals surface area contributed by atoms with Gasteiger partial charge >= 0.3 is 34.6 Å². The number of rotatable bonds is 4. The first kappa shape index (κ1) is 20.7. The Balaban J connectivity index is 3.21. The van der Waals surface area contributed by atoms with Crippen LogP contribution in [0.5, 0.6) is 0 Å². The van der Waals surface area contributed by atoms with Crippen molar-refractivity contribution in [2.75, 3.05) is 27.2 Å². The largest absolute Gasteiger partial charge is 0.406 e. The normalized spacial score (nSPS) is 35.5. The minimum Gasteiger partial charge on any atom is -0.404 e. The second-order valence-corrected chi connectivity index (χ2v) is 21.0. The van der Waals surface area contributed by atoms with Gasteiger partial charge in [0, 0.05) is 0 Å². The molecule has 1 fully saturated rings. The maximum Gasteiger partial charge on any atom is 0.406 e. The van der Waals surface area contributed by atoms with Crippen LogP contribution in [0.15, 0.2) is 0 Å². The SMILES string of the molecule is CCN(C)[Si]1(C)O[Si](C)(C)O[Si](C)(N(C)CC)O[Si](C)(C)O1. The topological polar surface area (TPSA) is 43.4 Å². The van der Waals surface area contributed by atoms with Crippen LogP contribution in [0.1, 0.15) is 13.8 Å². The Labute approximate surface area is 140 Å².